The minimum absolute atomic E-state index is 0.100. The number of carbonyl (C=O) groups is 1. The van der Waals surface area contributed by atoms with Crippen molar-refractivity contribution in [2.24, 2.45) is 17.1 Å². The zero-order chi connectivity index (χ0) is 14.2. The first-order chi connectivity index (χ1) is 8.89. The van der Waals surface area contributed by atoms with Gasteiger partial charge in [0.2, 0.25) is 5.88 Å². The molecule has 0 aromatic rings. The second-order valence-corrected chi connectivity index (χ2v) is 6.11. The van der Waals surface area contributed by atoms with Crippen LogP contribution in [0.1, 0.15) is 46.5 Å². The number of rotatable bonds is 2. The van der Waals surface area contributed by atoms with Crippen LogP contribution < -0.4 is 5.73 Å². The second kappa shape index (κ2) is 4.73. The molecule has 1 atom stereocenters. The Balaban J connectivity index is 2.47. The average Bonchev–Trinajstić information content (AvgIpc) is 2.26. The summed E-state index contributed by atoms with van der Waals surface area (Å²) in [6, 6.07) is 2.11. The molecule has 0 spiro atoms. The van der Waals surface area contributed by atoms with Gasteiger partial charge in [0.25, 0.3) is 0 Å². The van der Waals surface area contributed by atoms with Gasteiger partial charge in [0.15, 0.2) is 5.78 Å². The second-order valence-electron chi connectivity index (χ2n) is 6.11. The standard InChI is InChI=1S/C15H20N2O2/c1-4-5-9-10(8-16)14(17)19-12-7-15(2,3)6-11(18)13(9)12/h9H,4-7,17H2,1-3H3/t9-/m1/s1. The number of allylic oxidation sites excluding steroid dienone is 3. The van der Waals surface area contributed by atoms with E-state index in [0.29, 0.717) is 29.7 Å². The van der Waals surface area contributed by atoms with Crippen LogP contribution in [0.25, 0.3) is 0 Å². The normalized spacial score (nSPS) is 25.8. The van der Waals surface area contributed by atoms with Crippen molar-refractivity contribution in [3.63, 3.8) is 0 Å². The molecule has 0 saturated heterocycles. The van der Waals surface area contributed by atoms with Gasteiger partial charge in [0, 0.05) is 24.3 Å². The molecule has 102 valence electrons. The number of hydrogen-bond acceptors (Lipinski definition) is 4. The van der Waals surface area contributed by atoms with Gasteiger partial charge in [-0.2, -0.15) is 5.26 Å². The number of ether oxygens (including phenoxy) is 1. The van der Waals surface area contributed by atoms with Crippen molar-refractivity contribution in [1.29, 1.82) is 5.26 Å². The Morgan fingerprint density at radius 1 is 1.47 bits per heavy atom. The van der Waals surface area contributed by atoms with Gasteiger partial charge in [-0.15, -0.1) is 0 Å². The van der Waals surface area contributed by atoms with Crippen LogP contribution in [0.15, 0.2) is 22.8 Å². The van der Waals surface area contributed by atoms with Crippen molar-refractivity contribution in [2.75, 3.05) is 0 Å². The molecule has 2 N–H and O–H groups in total. The molecule has 0 unspecified atom stereocenters. The Kier molecular flexibility index (Phi) is 3.40. The van der Waals surface area contributed by atoms with Crippen LogP contribution in [0.5, 0.6) is 0 Å². The maximum Gasteiger partial charge on any atom is 0.204 e. The van der Waals surface area contributed by atoms with E-state index in [1.807, 2.05) is 20.8 Å². The first-order valence-corrected chi connectivity index (χ1v) is 6.73. The predicted octanol–water partition coefficient (Wildman–Crippen LogP) is 2.77. The van der Waals surface area contributed by atoms with E-state index in [-0.39, 0.29) is 23.0 Å². The number of Topliss-reactive ketones (excluding diaryl/α,β-unsaturated/α-hetero) is 1. The summed E-state index contributed by atoms with van der Waals surface area (Å²) in [5.74, 6) is 0.772. The van der Waals surface area contributed by atoms with Crippen molar-refractivity contribution in [3.05, 3.63) is 22.8 Å². The van der Waals surface area contributed by atoms with Crippen molar-refractivity contribution >= 4 is 5.78 Å². The SMILES string of the molecule is CCC[C@@H]1C(C#N)=C(N)OC2=C1C(=O)CC(C)(C)C2. The summed E-state index contributed by atoms with van der Waals surface area (Å²) >= 11 is 0. The Morgan fingerprint density at radius 3 is 2.74 bits per heavy atom. The van der Waals surface area contributed by atoms with E-state index in [2.05, 4.69) is 6.07 Å². The van der Waals surface area contributed by atoms with Crippen molar-refractivity contribution < 1.29 is 9.53 Å². The van der Waals surface area contributed by atoms with Gasteiger partial charge in [0.05, 0.1) is 5.57 Å². The van der Waals surface area contributed by atoms with Crippen LogP contribution in [0, 0.1) is 22.7 Å². The molecule has 1 aliphatic heterocycles. The number of ketones is 1. The number of nitriles is 1. The van der Waals surface area contributed by atoms with Gasteiger partial charge in [-0.1, -0.05) is 27.2 Å². The molecular formula is C15H20N2O2. The summed E-state index contributed by atoms with van der Waals surface area (Å²) in [5.41, 5.74) is 6.84. The molecule has 4 nitrogen and oxygen atoms in total. The maximum absolute atomic E-state index is 12.4. The molecule has 1 aliphatic carbocycles. The van der Waals surface area contributed by atoms with Crippen LogP contribution in [-0.4, -0.2) is 5.78 Å². The lowest BCUT2D eigenvalue weighted by molar-refractivity contribution is -0.119. The van der Waals surface area contributed by atoms with Gasteiger partial charge in [0.1, 0.15) is 11.8 Å². The van der Waals surface area contributed by atoms with Gasteiger partial charge < -0.3 is 10.5 Å². The topological polar surface area (TPSA) is 76.1 Å². The Morgan fingerprint density at radius 2 is 2.16 bits per heavy atom. The molecule has 0 saturated carbocycles. The third-order valence-corrected chi connectivity index (χ3v) is 3.77. The largest absolute Gasteiger partial charge is 0.444 e. The maximum atomic E-state index is 12.4. The number of hydrogen-bond donors (Lipinski definition) is 1. The van der Waals surface area contributed by atoms with E-state index in [4.69, 9.17) is 10.5 Å². The summed E-state index contributed by atoms with van der Waals surface area (Å²) in [6.45, 7) is 6.14. The number of carbonyl (C=O) groups excluding carboxylic acids is 1. The Labute approximate surface area is 113 Å². The fourth-order valence-electron chi connectivity index (χ4n) is 2.97. The van der Waals surface area contributed by atoms with Gasteiger partial charge in [-0.25, -0.2) is 0 Å². The zero-order valence-electron chi connectivity index (χ0n) is 11.7. The van der Waals surface area contributed by atoms with E-state index in [9.17, 15) is 10.1 Å². The quantitative estimate of drug-likeness (QED) is 0.828. The van der Waals surface area contributed by atoms with E-state index in [1.54, 1.807) is 0 Å². The van der Waals surface area contributed by atoms with Gasteiger partial charge in [-0.3, -0.25) is 4.79 Å². The molecule has 1 heterocycles. The summed E-state index contributed by atoms with van der Waals surface area (Å²) in [6.07, 6.45) is 2.87. The lowest BCUT2D eigenvalue weighted by Crippen LogP contribution is -2.34. The Hall–Kier alpha value is -1.76. The van der Waals surface area contributed by atoms with Crippen LogP contribution in [0.2, 0.25) is 0 Å². The van der Waals surface area contributed by atoms with Crippen molar-refractivity contribution in [3.8, 4) is 6.07 Å². The van der Waals surface area contributed by atoms with Gasteiger partial charge in [-0.05, 0) is 11.8 Å². The van der Waals surface area contributed by atoms with E-state index in [1.165, 1.54) is 0 Å². The fourth-order valence-corrected chi connectivity index (χ4v) is 2.97. The molecule has 4 heteroatoms. The molecule has 0 bridgehead atoms. The molecule has 0 fully saturated rings. The molecule has 2 aliphatic rings. The molecule has 19 heavy (non-hydrogen) atoms. The summed E-state index contributed by atoms with van der Waals surface area (Å²) in [5, 5.41) is 9.24. The lowest BCUT2D eigenvalue weighted by Gasteiger charge is -2.37. The monoisotopic (exact) mass is 260 g/mol. The minimum atomic E-state index is -0.178. The van der Waals surface area contributed by atoms with E-state index >= 15 is 0 Å². The smallest absolute Gasteiger partial charge is 0.204 e. The zero-order valence-corrected chi connectivity index (χ0v) is 11.7. The van der Waals surface area contributed by atoms with E-state index < -0.39 is 0 Å². The van der Waals surface area contributed by atoms with Gasteiger partial charge >= 0.3 is 0 Å². The summed E-state index contributed by atoms with van der Waals surface area (Å²) < 4.78 is 5.57. The average molecular weight is 260 g/mol. The molecule has 0 aromatic heterocycles. The minimum Gasteiger partial charge on any atom is -0.444 e. The first kappa shape index (κ1) is 13.7. The summed E-state index contributed by atoms with van der Waals surface area (Å²) in [4.78, 5) is 12.4. The number of nitrogens with two attached hydrogens (primary N) is 1. The highest BCUT2D eigenvalue weighted by molar-refractivity contribution is 5.98. The highest BCUT2D eigenvalue weighted by atomic mass is 16.5. The van der Waals surface area contributed by atoms with Crippen molar-refractivity contribution in [2.45, 2.75) is 46.5 Å². The molecular weight excluding hydrogens is 240 g/mol. The molecule has 0 amide bonds. The molecule has 0 radical (unpaired) electrons. The third-order valence-electron chi connectivity index (χ3n) is 3.77. The van der Waals surface area contributed by atoms with Crippen LogP contribution in [0.3, 0.4) is 0 Å². The first-order valence-electron chi connectivity index (χ1n) is 6.73. The summed E-state index contributed by atoms with van der Waals surface area (Å²) in [7, 11) is 0. The van der Waals surface area contributed by atoms with Crippen molar-refractivity contribution in [1.82, 2.24) is 0 Å². The van der Waals surface area contributed by atoms with Crippen LogP contribution in [-0.2, 0) is 9.53 Å². The van der Waals surface area contributed by atoms with Crippen LogP contribution in [0.4, 0.5) is 0 Å². The molecule has 2 rings (SSSR count). The third kappa shape index (κ3) is 2.37. The Bertz CT molecular complexity index is 521. The van der Waals surface area contributed by atoms with Crippen LogP contribution >= 0.6 is 0 Å². The highest BCUT2D eigenvalue weighted by Gasteiger charge is 2.41. The fraction of sp³-hybridized carbons (Fsp3) is 0.600. The highest BCUT2D eigenvalue weighted by Crippen LogP contribution is 2.45. The van der Waals surface area contributed by atoms with E-state index in [0.717, 1.165) is 12.8 Å². The number of nitrogens with zero attached hydrogens (tertiary/aromatic N) is 1. The lowest BCUT2D eigenvalue weighted by atomic mass is 9.71. The predicted molar refractivity (Wildman–Crippen MR) is 71.4 cm³/mol. The molecule has 0 aromatic carbocycles.